The standard InChI is InChI=1S/C30H24F3N3O4/c1-3-38-26(37)13-17-5-4-6-20-28(17)39-16-30(20,2)25-10-12-36(35-25)24-14-18(7-8-21(24)31)40-29-22(32)15-23-19(27(29)33)9-11-34-23/h4-12,14-15,34H,3,13,16H2,1-2H3. The Morgan fingerprint density at radius 1 is 1.12 bits per heavy atom. The molecule has 40 heavy (non-hydrogen) atoms. The van der Waals surface area contributed by atoms with Crippen LogP contribution >= 0.6 is 0 Å². The Hall–Kier alpha value is -4.73. The van der Waals surface area contributed by atoms with E-state index in [0.717, 1.165) is 17.7 Å². The summed E-state index contributed by atoms with van der Waals surface area (Å²) < 4.78 is 62.4. The summed E-state index contributed by atoms with van der Waals surface area (Å²) in [6.45, 7) is 4.27. The number of hydrogen-bond donors (Lipinski definition) is 1. The van der Waals surface area contributed by atoms with Gasteiger partial charge in [0, 0.05) is 41.0 Å². The van der Waals surface area contributed by atoms with Gasteiger partial charge >= 0.3 is 5.97 Å². The lowest BCUT2D eigenvalue weighted by atomic mass is 9.81. The van der Waals surface area contributed by atoms with Gasteiger partial charge in [0.15, 0.2) is 17.4 Å². The molecule has 1 aliphatic rings. The van der Waals surface area contributed by atoms with Gasteiger partial charge in [-0.05, 0) is 38.1 Å². The molecule has 7 nitrogen and oxygen atoms in total. The molecule has 0 spiro atoms. The highest BCUT2D eigenvalue weighted by atomic mass is 19.1. The zero-order chi connectivity index (χ0) is 28.0. The van der Waals surface area contributed by atoms with Gasteiger partial charge in [0.05, 0.1) is 29.7 Å². The van der Waals surface area contributed by atoms with Crippen LogP contribution in [0, 0.1) is 17.5 Å². The van der Waals surface area contributed by atoms with E-state index >= 15 is 0 Å². The van der Waals surface area contributed by atoms with Crippen LogP contribution in [0.15, 0.2) is 67.0 Å². The molecule has 0 bridgehead atoms. The van der Waals surface area contributed by atoms with Crippen LogP contribution in [0.3, 0.4) is 0 Å². The molecular weight excluding hydrogens is 523 g/mol. The number of halogens is 3. The monoisotopic (exact) mass is 547 g/mol. The normalized spacial score (nSPS) is 16.1. The summed E-state index contributed by atoms with van der Waals surface area (Å²) >= 11 is 0. The average molecular weight is 548 g/mol. The summed E-state index contributed by atoms with van der Waals surface area (Å²) in [4.78, 5) is 14.8. The molecule has 1 atom stereocenters. The second-order valence-corrected chi connectivity index (χ2v) is 9.70. The number of carbonyl (C=O) groups excluding carboxylic acids is 1. The number of carbonyl (C=O) groups is 1. The first kappa shape index (κ1) is 25.5. The second-order valence-electron chi connectivity index (χ2n) is 9.70. The van der Waals surface area contributed by atoms with Crippen LogP contribution in [-0.2, 0) is 21.4 Å². The molecule has 0 saturated heterocycles. The molecule has 0 fully saturated rings. The quantitative estimate of drug-likeness (QED) is 0.240. The van der Waals surface area contributed by atoms with Gasteiger partial charge in [0.1, 0.15) is 29.6 Å². The third-order valence-electron chi connectivity index (χ3n) is 7.08. The minimum atomic E-state index is -0.894. The molecule has 0 amide bonds. The first-order valence-electron chi connectivity index (χ1n) is 12.7. The van der Waals surface area contributed by atoms with Crippen LogP contribution < -0.4 is 9.47 Å². The molecule has 0 radical (unpaired) electrons. The van der Waals surface area contributed by atoms with E-state index in [1.807, 2.05) is 25.1 Å². The minimum absolute atomic E-state index is 0.0329. The van der Waals surface area contributed by atoms with Gasteiger partial charge < -0.3 is 19.2 Å². The van der Waals surface area contributed by atoms with Crippen LogP contribution in [0.5, 0.6) is 17.2 Å². The van der Waals surface area contributed by atoms with Gasteiger partial charge in [0.25, 0.3) is 0 Å². The van der Waals surface area contributed by atoms with Crippen LogP contribution in [-0.4, -0.2) is 33.9 Å². The Bertz CT molecular complexity index is 1760. The lowest BCUT2D eigenvalue weighted by molar-refractivity contribution is -0.142. The number of fused-ring (bicyclic) bond motifs is 2. The van der Waals surface area contributed by atoms with Gasteiger partial charge in [0.2, 0.25) is 0 Å². The number of hydrogen-bond acceptors (Lipinski definition) is 5. The number of nitrogens with one attached hydrogen (secondary N) is 1. The Balaban J connectivity index is 1.31. The van der Waals surface area contributed by atoms with Crippen molar-refractivity contribution >= 4 is 16.9 Å². The highest BCUT2D eigenvalue weighted by molar-refractivity contribution is 5.82. The number of esters is 1. The Labute approximate surface area is 227 Å². The van der Waals surface area contributed by atoms with Crippen molar-refractivity contribution in [3.05, 3.63) is 101 Å². The van der Waals surface area contributed by atoms with Crippen LogP contribution in [0.25, 0.3) is 16.6 Å². The van der Waals surface area contributed by atoms with Crippen LogP contribution in [0.1, 0.15) is 30.7 Å². The SMILES string of the molecule is CCOC(=O)Cc1cccc2c1OCC2(C)c1ccn(-c2cc(Oc3c(F)cc4[nH]ccc4c3F)ccc2F)n1. The molecule has 0 aliphatic carbocycles. The number of benzene rings is 3. The fraction of sp³-hybridized carbons (Fsp3) is 0.200. The number of para-hydroxylation sites is 1. The molecule has 3 aromatic carbocycles. The Morgan fingerprint density at radius 2 is 1.98 bits per heavy atom. The third-order valence-corrected chi connectivity index (χ3v) is 7.08. The van der Waals surface area contributed by atoms with Crippen molar-refractivity contribution in [3.63, 3.8) is 0 Å². The second kappa shape index (κ2) is 9.78. The summed E-state index contributed by atoms with van der Waals surface area (Å²) in [6, 6.07) is 13.7. The maximum atomic E-state index is 14.9. The summed E-state index contributed by atoms with van der Waals surface area (Å²) in [6.07, 6.45) is 3.17. The molecule has 2 aromatic heterocycles. The number of H-pyrrole nitrogens is 1. The third kappa shape index (κ3) is 4.25. The predicted octanol–water partition coefficient (Wildman–Crippen LogP) is 6.37. The van der Waals surface area contributed by atoms with Gasteiger partial charge in [-0.25, -0.2) is 17.9 Å². The van der Waals surface area contributed by atoms with Gasteiger partial charge in [-0.15, -0.1) is 0 Å². The predicted molar refractivity (Wildman–Crippen MR) is 141 cm³/mol. The van der Waals surface area contributed by atoms with Crippen molar-refractivity contribution in [1.82, 2.24) is 14.8 Å². The molecule has 10 heteroatoms. The van der Waals surface area contributed by atoms with Gasteiger partial charge in [-0.3, -0.25) is 4.79 Å². The fourth-order valence-corrected chi connectivity index (χ4v) is 5.01. The van der Waals surface area contributed by atoms with Crippen LogP contribution in [0.4, 0.5) is 13.2 Å². The first-order chi connectivity index (χ1) is 19.3. The Kier molecular flexibility index (Phi) is 6.25. The largest absolute Gasteiger partial charge is 0.492 e. The number of rotatable bonds is 7. The average Bonchev–Trinajstić information content (AvgIpc) is 3.68. The highest BCUT2D eigenvalue weighted by Gasteiger charge is 2.41. The lowest BCUT2D eigenvalue weighted by Gasteiger charge is -2.20. The van der Waals surface area contributed by atoms with Gasteiger partial charge in [-0.1, -0.05) is 18.2 Å². The molecule has 1 unspecified atom stereocenters. The van der Waals surface area contributed by atoms with E-state index in [4.69, 9.17) is 14.2 Å². The molecule has 5 aromatic rings. The number of aromatic nitrogens is 3. The van der Waals surface area contributed by atoms with E-state index in [0.29, 0.717) is 29.1 Å². The molecule has 6 rings (SSSR count). The van der Waals surface area contributed by atoms with E-state index < -0.39 is 28.6 Å². The summed E-state index contributed by atoms with van der Waals surface area (Å²) in [5.74, 6) is -2.65. The molecular formula is C30H24F3N3O4. The smallest absolute Gasteiger partial charge is 0.310 e. The fourth-order valence-electron chi connectivity index (χ4n) is 5.01. The van der Waals surface area contributed by atoms with Crippen LogP contribution in [0.2, 0.25) is 0 Å². The molecule has 3 heterocycles. The molecule has 204 valence electrons. The zero-order valence-electron chi connectivity index (χ0n) is 21.6. The summed E-state index contributed by atoms with van der Waals surface area (Å²) in [7, 11) is 0. The lowest BCUT2D eigenvalue weighted by Crippen LogP contribution is -2.26. The van der Waals surface area contributed by atoms with E-state index in [1.54, 1.807) is 19.2 Å². The van der Waals surface area contributed by atoms with Crippen molar-refractivity contribution in [2.24, 2.45) is 0 Å². The van der Waals surface area contributed by atoms with E-state index in [1.165, 1.54) is 29.1 Å². The number of nitrogens with zero attached hydrogens (tertiary/aromatic N) is 2. The molecule has 0 saturated carbocycles. The van der Waals surface area contributed by atoms with Crippen molar-refractivity contribution in [1.29, 1.82) is 0 Å². The van der Waals surface area contributed by atoms with Gasteiger partial charge in [-0.2, -0.15) is 5.10 Å². The van der Waals surface area contributed by atoms with E-state index in [9.17, 15) is 18.0 Å². The summed E-state index contributed by atoms with van der Waals surface area (Å²) in [5.41, 5.74) is 1.83. The maximum Gasteiger partial charge on any atom is 0.310 e. The summed E-state index contributed by atoms with van der Waals surface area (Å²) in [5, 5.41) is 4.80. The maximum absolute atomic E-state index is 14.9. The van der Waals surface area contributed by atoms with E-state index in [-0.39, 0.29) is 35.8 Å². The van der Waals surface area contributed by atoms with Crippen molar-refractivity contribution < 1.29 is 32.2 Å². The van der Waals surface area contributed by atoms with Crippen molar-refractivity contribution in [2.45, 2.75) is 25.7 Å². The molecule has 1 N–H and O–H groups in total. The first-order valence-corrected chi connectivity index (χ1v) is 12.7. The topological polar surface area (TPSA) is 78.4 Å². The Morgan fingerprint density at radius 3 is 2.80 bits per heavy atom. The highest BCUT2D eigenvalue weighted by Crippen LogP contribution is 2.45. The van der Waals surface area contributed by atoms with Crippen molar-refractivity contribution in [3.8, 4) is 22.9 Å². The number of ether oxygens (including phenoxy) is 3. The van der Waals surface area contributed by atoms with Crippen molar-refractivity contribution in [2.75, 3.05) is 13.2 Å². The molecule has 1 aliphatic heterocycles. The number of aromatic amines is 1. The zero-order valence-corrected chi connectivity index (χ0v) is 21.6. The minimum Gasteiger partial charge on any atom is -0.492 e. The van der Waals surface area contributed by atoms with E-state index in [2.05, 4.69) is 10.1 Å².